The Balaban J connectivity index is 1.58. The maximum Gasteiger partial charge on any atom is 0.229 e. The van der Waals surface area contributed by atoms with Gasteiger partial charge in [-0.25, -0.2) is 9.19 Å². The van der Waals surface area contributed by atoms with Gasteiger partial charge in [-0.15, -0.1) is 0 Å². The van der Waals surface area contributed by atoms with Gasteiger partial charge < -0.3 is 9.87 Å². The lowest BCUT2D eigenvalue weighted by Gasteiger charge is -2.44. The Labute approximate surface area is 177 Å². The number of nitrogens with zero attached hydrogens (tertiary/aromatic N) is 5. The number of hydrogen-bond acceptors (Lipinski definition) is 6. The summed E-state index contributed by atoms with van der Waals surface area (Å²) >= 11 is -1.99. The zero-order valence-electron chi connectivity index (χ0n) is 17.0. The van der Waals surface area contributed by atoms with E-state index in [2.05, 4.69) is 27.9 Å². The third-order valence-electron chi connectivity index (χ3n) is 6.25. The second-order valence-electron chi connectivity index (χ2n) is 8.01. The molecule has 1 aliphatic heterocycles. The Kier molecular flexibility index (Phi) is 4.59. The second-order valence-corrected chi connectivity index (χ2v) is 8.98. The molecule has 0 radical (unpaired) electrons. The summed E-state index contributed by atoms with van der Waals surface area (Å²) in [5, 5.41) is 11.0. The van der Waals surface area contributed by atoms with Crippen molar-refractivity contribution < 1.29 is 8.76 Å². The van der Waals surface area contributed by atoms with Gasteiger partial charge in [0, 0.05) is 24.3 Å². The Hall–Kier alpha value is -2.78. The van der Waals surface area contributed by atoms with Crippen LogP contribution in [0.25, 0.3) is 11.0 Å². The van der Waals surface area contributed by atoms with Crippen molar-refractivity contribution >= 4 is 45.3 Å². The summed E-state index contributed by atoms with van der Waals surface area (Å²) in [6.45, 7) is 2.13. The predicted molar refractivity (Wildman–Crippen MR) is 119 cm³/mol. The van der Waals surface area contributed by atoms with Gasteiger partial charge in [0.15, 0.2) is 11.1 Å². The highest BCUT2D eigenvalue weighted by Crippen LogP contribution is 2.44. The topological polar surface area (TPSA) is 95.6 Å². The van der Waals surface area contributed by atoms with Gasteiger partial charge in [-0.1, -0.05) is 19.3 Å². The summed E-state index contributed by atoms with van der Waals surface area (Å²) < 4.78 is 22.7. The van der Waals surface area contributed by atoms with Crippen molar-refractivity contribution in [3.8, 4) is 0 Å². The molecule has 2 aromatic heterocycles. The number of nitrogens with one attached hydrogen (secondary N) is 1. The fourth-order valence-corrected chi connectivity index (χ4v) is 5.10. The maximum absolute atomic E-state index is 11.2. The van der Waals surface area contributed by atoms with E-state index >= 15 is 0 Å². The average Bonchev–Trinajstić information content (AvgIpc) is 3.14. The first-order valence-electron chi connectivity index (χ1n) is 10.1. The summed E-state index contributed by atoms with van der Waals surface area (Å²) in [6, 6.07) is 8.83. The summed E-state index contributed by atoms with van der Waals surface area (Å²) in [6.07, 6.45) is 7.61. The van der Waals surface area contributed by atoms with Crippen LogP contribution in [0.15, 0.2) is 46.5 Å². The number of rotatable bonds is 3. The number of fused-ring (bicyclic) bond motifs is 4. The molecule has 1 unspecified atom stereocenters. The summed E-state index contributed by atoms with van der Waals surface area (Å²) in [7, 11) is 1.98. The minimum Gasteiger partial charge on any atom is -0.324 e. The standard InChI is InChI=1S/C21H24N6O2S/c1-14-21(10-4-3-5-11-21)27-18(26(2)25-14)12-15-13-22-20(24-19(15)27)23-16-6-8-17(9-7-16)30(28)29/h6-9,12-13H,3-5,10-11H2,1-2H3,(H,28,29)(H,22,23,24). The molecule has 0 bridgehead atoms. The molecule has 5 rings (SSSR count). The molecule has 8 nitrogen and oxygen atoms in total. The van der Waals surface area contributed by atoms with E-state index in [-0.39, 0.29) is 5.54 Å². The van der Waals surface area contributed by atoms with Crippen LogP contribution in [0.2, 0.25) is 0 Å². The van der Waals surface area contributed by atoms with Crippen LogP contribution in [0.1, 0.15) is 39.0 Å². The van der Waals surface area contributed by atoms with E-state index in [4.69, 9.17) is 10.1 Å². The van der Waals surface area contributed by atoms with Gasteiger partial charge in [0.05, 0.1) is 16.1 Å². The van der Waals surface area contributed by atoms with Crippen LogP contribution in [0.5, 0.6) is 0 Å². The van der Waals surface area contributed by atoms with Crippen molar-refractivity contribution in [3.63, 3.8) is 0 Å². The van der Waals surface area contributed by atoms with Crippen molar-refractivity contribution in [2.45, 2.75) is 49.5 Å². The molecule has 3 aromatic rings. The molecule has 156 valence electrons. The predicted octanol–water partition coefficient (Wildman–Crippen LogP) is 4.24. The minimum atomic E-state index is -1.99. The van der Waals surface area contributed by atoms with E-state index in [0.717, 1.165) is 41.1 Å². The number of hydrazone groups is 1. The largest absolute Gasteiger partial charge is 0.324 e. The molecular formula is C21H24N6O2S. The minimum absolute atomic E-state index is 0.125. The highest BCUT2D eigenvalue weighted by atomic mass is 32.2. The third-order valence-corrected chi connectivity index (χ3v) is 6.92. The molecule has 1 fully saturated rings. The lowest BCUT2D eigenvalue weighted by molar-refractivity contribution is 0.282. The quantitative estimate of drug-likeness (QED) is 0.611. The molecule has 3 heterocycles. The normalized spacial score (nSPS) is 18.9. The van der Waals surface area contributed by atoms with Gasteiger partial charge in [0.2, 0.25) is 5.95 Å². The molecule has 2 N–H and O–H groups in total. The van der Waals surface area contributed by atoms with E-state index in [9.17, 15) is 8.76 Å². The first kappa shape index (κ1) is 19.2. The lowest BCUT2D eigenvalue weighted by Crippen LogP contribution is -2.47. The van der Waals surface area contributed by atoms with Gasteiger partial charge in [0.25, 0.3) is 0 Å². The Morgan fingerprint density at radius 2 is 1.90 bits per heavy atom. The van der Waals surface area contributed by atoms with E-state index in [1.165, 1.54) is 19.3 Å². The molecule has 1 spiro atoms. The zero-order valence-corrected chi connectivity index (χ0v) is 17.8. The number of hydrogen-bond donors (Lipinski definition) is 2. The fraction of sp³-hybridized carbons (Fsp3) is 0.381. The molecule has 0 saturated heterocycles. The Morgan fingerprint density at radius 3 is 2.60 bits per heavy atom. The van der Waals surface area contributed by atoms with Crippen LogP contribution in [0.4, 0.5) is 17.5 Å². The molecule has 9 heteroatoms. The Bertz CT molecular complexity index is 1160. The monoisotopic (exact) mass is 424 g/mol. The van der Waals surface area contributed by atoms with Crippen LogP contribution >= 0.6 is 0 Å². The van der Waals surface area contributed by atoms with Crippen molar-refractivity contribution in [1.29, 1.82) is 0 Å². The van der Waals surface area contributed by atoms with Crippen molar-refractivity contribution in [2.24, 2.45) is 5.10 Å². The van der Waals surface area contributed by atoms with Gasteiger partial charge in [-0.2, -0.15) is 10.1 Å². The van der Waals surface area contributed by atoms with Gasteiger partial charge in [-0.3, -0.25) is 9.58 Å². The van der Waals surface area contributed by atoms with Crippen LogP contribution < -0.4 is 10.3 Å². The van der Waals surface area contributed by atoms with E-state index in [1.54, 1.807) is 24.3 Å². The van der Waals surface area contributed by atoms with Gasteiger partial charge in [0.1, 0.15) is 11.5 Å². The van der Waals surface area contributed by atoms with Crippen LogP contribution in [-0.2, 0) is 16.6 Å². The maximum atomic E-state index is 11.2. The summed E-state index contributed by atoms with van der Waals surface area (Å²) in [5.74, 6) is 1.54. The summed E-state index contributed by atoms with van der Waals surface area (Å²) in [4.78, 5) is 9.71. The second kappa shape index (κ2) is 7.17. The summed E-state index contributed by atoms with van der Waals surface area (Å²) in [5.41, 5.74) is 2.67. The molecule has 1 atom stereocenters. The molecule has 0 amide bonds. The molecule has 1 aliphatic carbocycles. The SMILES string of the molecule is CC1=NN(C)c2cc3cnc(Nc4ccc(S(=O)O)cc4)nc3n2C12CCCCC2. The molecule has 2 aliphatic rings. The van der Waals surface area contributed by atoms with E-state index in [0.29, 0.717) is 10.8 Å². The molecule has 1 saturated carbocycles. The van der Waals surface area contributed by atoms with E-state index in [1.807, 2.05) is 18.3 Å². The smallest absolute Gasteiger partial charge is 0.229 e. The van der Waals surface area contributed by atoms with Crippen LogP contribution in [0, 0.1) is 0 Å². The number of benzene rings is 1. The van der Waals surface area contributed by atoms with Gasteiger partial charge in [-0.05, 0) is 50.1 Å². The van der Waals surface area contributed by atoms with Crippen molar-refractivity contribution in [1.82, 2.24) is 14.5 Å². The Morgan fingerprint density at radius 1 is 1.17 bits per heavy atom. The molecule has 1 aromatic carbocycles. The fourth-order valence-electron chi connectivity index (χ4n) is 4.73. The van der Waals surface area contributed by atoms with E-state index < -0.39 is 11.1 Å². The number of anilines is 3. The van der Waals surface area contributed by atoms with Crippen molar-refractivity contribution in [2.75, 3.05) is 17.4 Å². The van der Waals surface area contributed by atoms with Crippen molar-refractivity contribution in [3.05, 3.63) is 36.5 Å². The molecular weight excluding hydrogens is 400 g/mol. The number of aromatic nitrogens is 3. The first-order chi connectivity index (χ1) is 14.5. The third kappa shape index (κ3) is 3.00. The highest BCUT2D eigenvalue weighted by Gasteiger charge is 2.42. The van der Waals surface area contributed by atoms with Crippen LogP contribution in [-0.4, -0.2) is 36.1 Å². The first-order valence-corrected chi connectivity index (χ1v) is 11.2. The van der Waals surface area contributed by atoms with Gasteiger partial charge >= 0.3 is 0 Å². The highest BCUT2D eigenvalue weighted by molar-refractivity contribution is 7.79. The molecule has 30 heavy (non-hydrogen) atoms. The lowest BCUT2D eigenvalue weighted by atomic mass is 9.78. The average molecular weight is 425 g/mol. The van der Waals surface area contributed by atoms with Crippen LogP contribution in [0.3, 0.4) is 0 Å². The zero-order chi connectivity index (χ0) is 20.9.